The molecule has 0 radical (unpaired) electrons. The number of aliphatic hydroxyl groups is 1. The summed E-state index contributed by atoms with van der Waals surface area (Å²) >= 11 is 4.47. The van der Waals surface area contributed by atoms with Gasteiger partial charge in [0.1, 0.15) is 0 Å². The molecule has 2 nitrogen and oxygen atoms in total. The zero-order chi connectivity index (χ0) is 12.8. The van der Waals surface area contributed by atoms with Gasteiger partial charge in [0.05, 0.1) is 6.10 Å². The molecule has 3 unspecified atom stereocenters. The molecule has 0 spiro atoms. The second-order valence-corrected chi connectivity index (χ2v) is 5.70. The standard InChI is InChI=1S/C14H23NOS.ClH/c1-10(2)8-12(15)14(16)13(17)9-11-6-4-3-5-7-11;/h3-7,10,12-14,16-17H,8-9,15H2,1-2H3;1H. The van der Waals surface area contributed by atoms with Crippen LogP contribution in [0.3, 0.4) is 0 Å². The maximum absolute atomic E-state index is 10.1. The van der Waals surface area contributed by atoms with Crippen molar-refractivity contribution in [2.45, 2.75) is 44.1 Å². The summed E-state index contributed by atoms with van der Waals surface area (Å²) in [5.74, 6) is 0.497. The minimum atomic E-state index is -0.555. The Balaban J connectivity index is 0.00000289. The van der Waals surface area contributed by atoms with Crippen LogP contribution in [0.4, 0.5) is 0 Å². The largest absolute Gasteiger partial charge is 0.390 e. The van der Waals surface area contributed by atoms with Crippen LogP contribution in [0.25, 0.3) is 0 Å². The van der Waals surface area contributed by atoms with Gasteiger partial charge >= 0.3 is 0 Å². The van der Waals surface area contributed by atoms with Crippen LogP contribution in [0.5, 0.6) is 0 Å². The molecule has 0 heterocycles. The van der Waals surface area contributed by atoms with E-state index in [0.29, 0.717) is 5.92 Å². The third-order valence-electron chi connectivity index (χ3n) is 2.86. The summed E-state index contributed by atoms with van der Waals surface area (Å²) in [4.78, 5) is 0. The smallest absolute Gasteiger partial charge is 0.0810 e. The van der Waals surface area contributed by atoms with Crippen molar-refractivity contribution in [3.8, 4) is 0 Å². The summed E-state index contributed by atoms with van der Waals surface area (Å²) in [6.07, 6.45) is 1.02. The van der Waals surface area contributed by atoms with E-state index in [4.69, 9.17) is 5.73 Å². The van der Waals surface area contributed by atoms with Gasteiger partial charge in [0.25, 0.3) is 0 Å². The predicted molar refractivity (Wildman–Crippen MR) is 83.6 cm³/mol. The second kappa shape index (κ2) is 8.81. The Bertz CT molecular complexity index is 321. The predicted octanol–water partition coefficient (Wildman–Crippen LogP) is 2.68. The van der Waals surface area contributed by atoms with Crippen LogP contribution in [-0.2, 0) is 6.42 Å². The zero-order valence-electron chi connectivity index (χ0n) is 11.0. The lowest BCUT2D eigenvalue weighted by Crippen LogP contribution is -2.42. The van der Waals surface area contributed by atoms with Crippen LogP contribution >= 0.6 is 25.0 Å². The monoisotopic (exact) mass is 289 g/mol. The van der Waals surface area contributed by atoms with Gasteiger partial charge in [0, 0.05) is 11.3 Å². The third-order valence-corrected chi connectivity index (χ3v) is 3.35. The molecule has 104 valence electrons. The first-order valence-corrected chi connectivity index (χ1v) is 6.68. The number of nitrogens with two attached hydrogens (primary N) is 1. The Morgan fingerprint density at radius 3 is 2.28 bits per heavy atom. The Labute approximate surface area is 122 Å². The van der Waals surface area contributed by atoms with E-state index in [9.17, 15) is 5.11 Å². The Morgan fingerprint density at radius 1 is 1.22 bits per heavy atom. The first-order chi connectivity index (χ1) is 8.00. The van der Waals surface area contributed by atoms with Gasteiger partial charge in [-0.15, -0.1) is 12.4 Å². The van der Waals surface area contributed by atoms with Crippen LogP contribution in [-0.4, -0.2) is 22.5 Å². The van der Waals surface area contributed by atoms with Crippen molar-refractivity contribution in [3.05, 3.63) is 35.9 Å². The summed E-state index contributed by atoms with van der Waals surface area (Å²) in [5, 5.41) is 9.99. The number of hydrogen-bond acceptors (Lipinski definition) is 3. The van der Waals surface area contributed by atoms with E-state index in [1.54, 1.807) is 0 Å². The SMILES string of the molecule is CC(C)CC(N)C(O)C(S)Cc1ccccc1.Cl. The molecule has 3 N–H and O–H groups in total. The number of benzene rings is 1. The van der Waals surface area contributed by atoms with E-state index in [1.165, 1.54) is 5.56 Å². The highest BCUT2D eigenvalue weighted by molar-refractivity contribution is 7.81. The molecule has 0 amide bonds. The highest BCUT2D eigenvalue weighted by Gasteiger charge is 2.23. The Hall–Kier alpha value is -0.220. The molecular weight excluding hydrogens is 266 g/mol. The average Bonchev–Trinajstić information content (AvgIpc) is 2.28. The van der Waals surface area contributed by atoms with Gasteiger partial charge in [-0.1, -0.05) is 44.2 Å². The third kappa shape index (κ3) is 6.10. The van der Waals surface area contributed by atoms with Crippen LogP contribution < -0.4 is 5.73 Å². The Morgan fingerprint density at radius 2 is 1.78 bits per heavy atom. The van der Waals surface area contributed by atoms with Crippen molar-refractivity contribution in [1.82, 2.24) is 0 Å². The van der Waals surface area contributed by atoms with Crippen LogP contribution in [0.1, 0.15) is 25.8 Å². The molecule has 3 atom stereocenters. The molecule has 18 heavy (non-hydrogen) atoms. The Kier molecular flexibility index (Phi) is 8.70. The van der Waals surface area contributed by atoms with Gasteiger partial charge in [-0.25, -0.2) is 0 Å². The second-order valence-electron chi connectivity index (χ2n) is 5.04. The molecule has 1 rings (SSSR count). The lowest BCUT2D eigenvalue weighted by Gasteiger charge is -2.25. The molecular formula is C14H24ClNOS. The maximum atomic E-state index is 10.1. The van der Waals surface area contributed by atoms with Gasteiger partial charge in [-0.3, -0.25) is 0 Å². The van der Waals surface area contributed by atoms with Crippen molar-refractivity contribution >= 4 is 25.0 Å². The van der Waals surface area contributed by atoms with Gasteiger partial charge in [0.2, 0.25) is 0 Å². The lowest BCUT2D eigenvalue weighted by molar-refractivity contribution is 0.131. The van der Waals surface area contributed by atoms with Gasteiger partial charge < -0.3 is 10.8 Å². The quantitative estimate of drug-likeness (QED) is 0.705. The van der Waals surface area contributed by atoms with Crippen molar-refractivity contribution in [1.29, 1.82) is 0 Å². The summed E-state index contributed by atoms with van der Waals surface area (Å²) < 4.78 is 0. The molecule has 0 saturated heterocycles. The van der Waals surface area contributed by atoms with Crippen molar-refractivity contribution in [3.63, 3.8) is 0 Å². The molecule has 0 aliphatic heterocycles. The van der Waals surface area contributed by atoms with E-state index < -0.39 is 6.10 Å². The van der Waals surface area contributed by atoms with Crippen molar-refractivity contribution < 1.29 is 5.11 Å². The molecule has 1 aromatic carbocycles. The number of aliphatic hydroxyl groups excluding tert-OH is 1. The van der Waals surface area contributed by atoms with Gasteiger partial charge in [-0.05, 0) is 24.3 Å². The number of thiol groups is 1. The average molecular weight is 290 g/mol. The molecule has 0 bridgehead atoms. The van der Waals surface area contributed by atoms with Crippen LogP contribution in [0.15, 0.2) is 30.3 Å². The normalized spacial score (nSPS) is 15.9. The maximum Gasteiger partial charge on any atom is 0.0810 e. The fourth-order valence-corrected chi connectivity index (χ4v) is 2.38. The molecule has 0 aliphatic rings. The van der Waals surface area contributed by atoms with Crippen LogP contribution in [0.2, 0.25) is 0 Å². The first kappa shape index (κ1) is 17.8. The highest BCUT2D eigenvalue weighted by atomic mass is 35.5. The molecule has 0 aromatic heterocycles. The summed E-state index contributed by atoms with van der Waals surface area (Å²) in [5.41, 5.74) is 7.16. The molecule has 1 aromatic rings. The highest BCUT2D eigenvalue weighted by Crippen LogP contribution is 2.16. The van der Waals surface area contributed by atoms with Crippen molar-refractivity contribution in [2.75, 3.05) is 0 Å². The molecule has 0 saturated carbocycles. The number of rotatable bonds is 6. The van der Waals surface area contributed by atoms with Gasteiger partial charge in [0.15, 0.2) is 0 Å². The minimum Gasteiger partial charge on any atom is -0.390 e. The minimum absolute atomic E-state index is 0. The van der Waals surface area contributed by atoms with Crippen LogP contribution in [0, 0.1) is 5.92 Å². The summed E-state index contributed by atoms with van der Waals surface area (Å²) in [6.45, 7) is 4.22. The van der Waals surface area contributed by atoms with E-state index in [0.717, 1.165) is 12.8 Å². The fourth-order valence-electron chi connectivity index (χ4n) is 1.95. The molecule has 4 heteroatoms. The number of halogens is 1. The lowest BCUT2D eigenvalue weighted by atomic mass is 9.95. The zero-order valence-corrected chi connectivity index (χ0v) is 12.7. The van der Waals surface area contributed by atoms with Gasteiger partial charge in [-0.2, -0.15) is 12.6 Å². The molecule has 0 fully saturated rings. The topological polar surface area (TPSA) is 46.2 Å². The summed E-state index contributed by atoms with van der Waals surface area (Å²) in [7, 11) is 0. The fraction of sp³-hybridized carbons (Fsp3) is 0.571. The molecule has 0 aliphatic carbocycles. The van der Waals surface area contributed by atoms with E-state index >= 15 is 0 Å². The summed E-state index contributed by atoms with van der Waals surface area (Å²) in [6, 6.07) is 9.87. The first-order valence-electron chi connectivity index (χ1n) is 6.16. The van der Waals surface area contributed by atoms with Crippen molar-refractivity contribution in [2.24, 2.45) is 11.7 Å². The van der Waals surface area contributed by atoms with E-state index in [1.807, 2.05) is 30.3 Å². The van der Waals surface area contributed by atoms with E-state index in [2.05, 4.69) is 26.5 Å². The number of hydrogen-bond donors (Lipinski definition) is 3. The van der Waals surface area contributed by atoms with E-state index in [-0.39, 0.29) is 23.7 Å².